The third kappa shape index (κ3) is 3.78. The van der Waals surface area contributed by atoms with E-state index in [1.807, 2.05) is 20.0 Å². The molecular weight excluding hydrogens is 182 g/mol. The van der Waals surface area contributed by atoms with E-state index in [0.717, 1.165) is 6.54 Å². The lowest BCUT2D eigenvalue weighted by atomic mass is 10.1. The van der Waals surface area contributed by atoms with Gasteiger partial charge in [-0.05, 0) is 38.6 Å². The maximum atomic E-state index is 3.80. The van der Waals surface area contributed by atoms with Crippen molar-refractivity contribution in [2.45, 2.75) is 34.6 Å². The second-order valence-corrected chi connectivity index (χ2v) is 3.28. The Morgan fingerprint density at radius 2 is 2.07 bits per heavy atom. The van der Waals surface area contributed by atoms with Gasteiger partial charge in [-0.25, -0.2) is 0 Å². The van der Waals surface area contributed by atoms with Crippen LogP contribution in [0, 0.1) is 0 Å². The largest absolute Gasteiger partial charge is 0.345 e. The van der Waals surface area contributed by atoms with Crippen LogP contribution in [0.3, 0.4) is 0 Å². The van der Waals surface area contributed by atoms with Crippen molar-refractivity contribution in [3.63, 3.8) is 0 Å². The molecule has 0 saturated carbocycles. The molecule has 0 spiro atoms. The molecule has 1 nitrogen and oxygen atoms in total. The molecule has 0 N–H and O–H groups in total. The van der Waals surface area contributed by atoms with E-state index in [1.54, 1.807) is 0 Å². The summed E-state index contributed by atoms with van der Waals surface area (Å²) in [4.78, 5) is 2.16. The Morgan fingerprint density at radius 1 is 1.47 bits per heavy atom. The van der Waals surface area contributed by atoms with Crippen LogP contribution in [-0.4, -0.2) is 11.4 Å². The molecule has 0 radical (unpaired) electrons. The maximum Gasteiger partial charge on any atom is 0.0437 e. The molecule has 0 aromatic rings. The van der Waals surface area contributed by atoms with Gasteiger partial charge < -0.3 is 4.90 Å². The first-order chi connectivity index (χ1) is 7.19. The molecule has 1 heteroatoms. The summed E-state index contributed by atoms with van der Waals surface area (Å²) < 4.78 is 0. The van der Waals surface area contributed by atoms with Gasteiger partial charge in [0.1, 0.15) is 0 Å². The zero-order chi connectivity index (χ0) is 11.8. The Kier molecular flexibility index (Phi) is 6.52. The molecule has 0 bridgehead atoms. The highest BCUT2D eigenvalue weighted by molar-refractivity contribution is 5.38. The van der Waals surface area contributed by atoms with Crippen molar-refractivity contribution >= 4 is 0 Å². The van der Waals surface area contributed by atoms with Gasteiger partial charge in [0.25, 0.3) is 0 Å². The number of hydrogen-bond acceptors (Lipinski definition) is 1. The molecule has 1 heterocycles. The van der Waals surface area contributed by atoms with Crippen LogP contribution in [0.5, 0.6) is 0 Å². The first-order valence-electron chi connectivity index (χ1n) is 5.60. The lowest BCUT2D eigenvalue weighted by Crippen LogP contribution is -2.20. The van der Waals surface area contributed by atoms with Crippen molar-refractivity contribution in [1.29, 1.82) is 0 Å². The Bertz CT molecular complexity index is 292. The summed E-state index contributed by atoms with van der Waals surface area (Å²) in [5, 5.41) is 0. The van der Waals surface area contributed by atoms with E-state index in [9.17, 15) is 0 Å². The maximum absolute atomic E-state index is 3.80. The topological polar surface area (TPSA) is 3.24 Å². The van der Waals surface area contributed by atoms with Gasteiger partial charge in [-0.1, -0.05) is 38.2 Å². The van der Waals surface area contributed by atoms with E-state index in [1.165, 1.54) is 16.8 Å². The Hall–Kier alpha value is -1.24. The molecule has 0 aliphatic carbocycles. The molecule has 0 fully saturated rings. The van der Waals surface area contributed by atoms with E-state index >= 15 is 0 Å². The summed E-state index contributed by atoms with van der Waals surface area (Å²) in [6.07, 6.45) is 8.40. The summed E-state index contributed by atoms with van der Waals surface area (Å²) in [5.74, 6) is 0. The van der Waals surface area contributed by atoms with Crippen LogP contribution in [-0.2, 0) is 0 Å². The second-order valence-electron chi connectivity index (χ2n) is 3.28. The fraction of sp³-hybridized carbons (Fsp3) is 0.429. The van der Waals surface area contributed by atoms with Gasteiger partial charge >= 0.3 is 0 Å². The highest BCUT2D eigenvalue weighted by Gasteiger charge is 2.10. The van der Waals surface area contributed by atoms with Gasteiger partial charge in [0.2, 0.25) is 0 Å². The predicted octanol–water partition coefficient (Wildman–Crippen LogP) is 4.27. The minimum absolute atomic E-state index is 0.937. The summed E-state index contributed by atoms with van der Waals surface area (Å²) in [7, 11) is 0. The minimum Gasteiger partial charge on any atom is -0.345 e. The Balaban J connectivity index is 0.000000921. The standard InChI is InChI=1S/C12H17N.C2H6/c1-5-11(4)12-9-10(3)7-8-13(12)6-2;1-2/h5-7,9H,2,8H2,1,3-4H3;1-2H3/b11-5-;. The first kappa shape index (κ1) is 13.8. The number of nitrogens with zero attached hydrogens (tertiary/aromatic N) is 1. The number of rotatable bonds is 2. The monoisotopic (exact) mass is 205 g/mol. The fourth-order valence-corrected chi connectivity index (χ4v) is 1.36. The average Bonchev–Trinajstić information content (AvgIpc) is 2.30. The van der Waals surface area contributed by atoms with Crippen LogP contribution >= 0.6 is 0 Å². The third-order valence-electron chi connectivity index (χ3n) is 2.34. The van der Waals surface area contributed by atoms with Crippen molar-refractivity contribution in [2.24, 2.45) is 0 Å². The first-order valence-corrected chi connectivity index (χ1v) is 5.60. The summed E-state index contributed by atoms with van der Waals surface area (Å²) in [5.41, 5.74) is 3.89. The van der Waals surface area contributed by atoms with Gasteiger partial charge in [0, 0.05) is 12.2 Å². The number of hydrogen-bond donors (Lipinski definition) is 0. The van der Waals surface area contributed by atoms with Gasteiger partial charge in [0.05, 0.1) is 0 Å². The highest BCUT2D eigenvalue weighted by atomic mass is 15.1. The Labute approximate surface area is 94.5 Å². The van der Waals surface area contributed by atoms with Crippen molar-refractivity contribution in [1.82, 2.24) is 4.90 Å². The van der Waals surface area contributed by atoms with Crippen molar-refractivity contribution in [3.8, 4) is 0 Å². The molecule has 0 aromatic carbocycles. The third-order valence-corrected chi connectivity index (χ3v) is 2.34. The molecule has 84 valence electrons. The number of allylic oxidation sites excluding steroid dienone is 4. The van der Waals surface area contributed by atoms with Gasteiger partial charge in [-0.3, -0.25) is 0 Å². The highest BCUT2D eigenvalue weighted by Crippen LogP contribution is 2.21. The zero-order valence-corrected chi connectivity index (χ0v) is 10.7. The molecule has 1 aliphatic rings. The van der Waals surface area contributed by atoms with Crippen LogP contribution in [0.4, 0.5) is 0 Å². The normalized spacial score (nSPS) is 16.1. The van der Waals surface area contributed by atoms with Crippen molar-refractivity contribution < 1.29 is 0 Å². The molecule has 0 unspecified atom stereocenters. The summed E-state index contributed by atoms with van der Waals surface area (Å²) >= 11 is 0. The molecule has 0 saturated heterocycles. The lowest BCUT2D eigenvalue weighted by molar-refractivity contribution is 0.518. The van der Waals surface area contributed by atoms with Crippen LogP contribution in [0.15, 0.2) is 47.9 Å². The molecule has 1 aliphatic heterocycles. The van der Waals surface area contributed by atoms with E-state index in [-0.39, 0.29) is 0 Å². The van der Waals surface area contributed by atoms with Gasteiger partial charge in [-0.15, -0.1) is 0 Å². The van der Waals surface area contributed by atoms with Gasteiger partial charge in [0.15, 0.2) is 0 Å². The summed E-state index contributed by atoms with van der Waals surface area (Å²) in [6, 6.07) is 0. The fourth-order valence-electron chi connectivity index (χ4n) is 1.36. The Morgan fingerprint density at radius 3 is 2.53 bits per heavy atom. The molecule has 0 aromatic heterocycles. The van der Waals surface area contributed by atoms with E-state index in [2.05, 4.69) is 50.5 Å². The van der Waals surface area contributed by atoms with Crippen LogP contribution in [0.1, 0.15) is 34.6 Å². The summed E-state index contributed by atoms with van der Waals surface area (Å²) in [6.45, 7) is 15.1. The lowest BCUT2D eigenvalue weighted by Gasteiger charge is -2.26. The zero-order valence-electron chi connectivity index (χ0n) is 10.7. The quantitative estimate of drug-likeness (QED) is 0.651. The van der Waals surface area contributed by atoms with Crippen LogP contribution in [0.2, 0.25) is 0 Å². The SMILES string of the molecule is C=CN1CC=C(C)C=C1/C(C)=C\C.CC. The van der Waals surface area contributed by atoms with Crippen LogP contribution < -0.4 is 0 Å². The average molecular weight is 205 g/mol. The van der Waals surface area contributed by atoms with Crippen molar-refractivity contribution in [3.05, 3.63) is 47.9 Å². The van der Waals surface area contributed by atoms with Crippen molar-refractivity contribution in [2.75, 3.05) is 6.54 Å². The van der Waals surface area contributed by atoms with E-state index in [4.69, 9.17) is 0 Å². The minimum atomic E-state index is 0.937. The molecule has 0 amide bonds. The predicted molar refractivity (Wildman–Crippen MR) is 69.5 cm³/mol. The molecule has 15 heavy (non-hydrogen) atoms. The van der Waals surface area contributed by atoms with Crippen LogP contribution in [0.25, 0.3) is 0 Å². The molecular formula is C14H23N. The van der Waals surface area contributed by atoms with Gasteiger partial charge in [-0.2, -0.15) is 0 Å². The van der Waals surface area contributed by atoms with E-state index in [0.29, 0.717) is 0 Å². The smallest absolute Gasteiger partial charge is 0.0437 e. The molecule has 0 atom stereocenters. The van der Waals surface area contributed by atoms with E-state index < -0.39 is 0 Å². The molecule has 1 rings (SSSR count). The second kappa shape index (κ2) is 7.10.